The first-order chi connectivity index (χ1) is 8.06. The summed E-state index contributed by atoms with van der Waals surface area (Å²) >= 11 is 1.09. The molecule has 0 aromatic carbocycles. The van der Waals surface area contributed by atoms with Crippen LogP contribution in [0, 0.1) is 11.3 Å². The Kier molecular flexibility index (Phi) is 4.78. The lowest BCUT2D eigenvalue weighted by molar-refractivity contribution is -0.152. The molecule has 1 aliphatic rings. The minimum Gasteiger partial charge on any atom is -0.480 e. The Morgan fingerprint density at radius 1 is 1.65 bits per heavy atom. The lowest BCUT2D eigenvalue weighted by atomic mass is 10.2. The molecule has 1 unspecified atom stereocenters. The molecule has 0 saturated carbocycles. The Balaban J connectivity index is 2.62. The number of thioether (sulfide) groups is 1. The highest BCUT2D eigenvalue weighted by molar-refractivity contribution is 8.00. The largest absolute Gasteiger partial charge is 0.480 e. The smallest absolute Gasteiger partial charge is 0.328 e. The summed E-state index contributed by atoms with van der Waals surface area (Å²) < 4.78 is 0. The zero-order valence-electron chi connectivity index (χ0n) is 8.88. The predicted molar refractivity (Wildman–Crippen MR) is 59.1 cm³/mol. The summed E-state index contributed by atoms with van der Waals surface area (Å²) in [5, 5.41) is 19.6. The molecule has 1 rings (SSSR count). The summed E-state index contributed by atoms with van der Waals surface area (Å²) in [6, 6.07) is 0.840. The fourth-order valence-corrected chi connectivity index (χ4v) is 1.92. The summed E-state index contributed by atoms with van der Waals surface area (Å²) in [4.78, 5) is 34.7. The Bertz CT molecular complexity index is 379. The molecule has 2 amide bonds. The van der Waals surface area contributed by atoms with Crippen LogP contribution in [0.3, 0.4) is 0 Å². The van der Waals surface area contributed by atoms with Crippen molar-refractivity contribution in [3.8, 4) is 6.07 Å². The molecule has 17 heavy (non-hydrogen) atoms. The molecule has 1 heterocycles. The molecule has 0 radical (unpaired) electrons. The number of carbonyl (C=O) groups excluding carboxylic acids is 2. The number of amides is 2. The molecular formula is C9H11N3O4S. The number of aliphatic carboxylic acids is 1. The van der Waals surface area contributed by atoms with Gasteiger partial charge in [-0.15, -0.1) is 11.8 Å². The standard InChI is InChI=1S/C9H11N3O4S/c10-1-2-17-5-8(14)12-4-7(13)11-3-6(12)9(15)16/h6H,2-5H2,(H,11,13)(H,15,16). The number of rotatable bonds is 4. The molecule has 7 nitrogen and oxygen atoms in total. The molecular weight excluding hydrogens is 246 g/mol. The number of hydrogen-bond donors (Lipinski definition) is 2. The minimum atomic E-state index is -1.15. The lowest BCUT2D eigenvalue weighted by Crippen LogP contribution is -2.59. The first-order valence-corrected chi connectivity index (χ1v) is 5.95. The molecule has 1 atom stereocenters. The van der Waals surface area contributed by atoms with Crippen LogP contribution in [0.2, 0.25) is 0 Å². The van der Waals surface area contributed by atoms with Crippen LogP contribution in [0.15, 0.2) is 0 Å². The van der Waals surface area contributed by atoms with Gasteiger partial charge >= 0.3 is 5.97 Å². The Hall–Kier alpha value is -1.75. The van der Waals surface area contributed by atoms with Crippen molar-refractivity contribution in [3.05, 3.63) is 0 Å². The molecule has 0 aliphatic carbocycles. The zero-order valence-corrected chi connectivity index (χ0v) is 9.70. The van der Waals surface area contributed by atoms with E-state index in [0.717, 1.165) is 16.7 Å². The van der Waals surface area contributed by atoms with Crippen LogP contribution in [0.4, 0.5) is 0 Å². The maximum Gasteiger partial charge on any atom is 0.328 e. The molecule has 1 aliphatic heterocycles. The molecule has 0 aromatic rings. The Labute approximate surface area is 102 Å². The molecule has 1 saturated heterocycles. The van der Waals surface area contributed by atoms with Crippen LogP contribution in [0.25, 0.3) is 0 Å². The van der Waals surface area contributed by atoms with E-state index >= 15 is 0 Å². The molecule has 92 valence electrons. The van der Waals surface area contributed by atoms with Crippen molar-refractivity contribution in [3.63, 3.8) is 0 Å². The molecule has 2 N–H and O–H groups in total. The van der Waals surface area contributed by atoms with Gasteiger partial charge in [-0.05, 0) is 0 Å². The topological polar surface area (TPSA) is 111 Å². The van der Waals surface area contributed by atoms with Gasteiger partial charge in [0.25, 0.3) is 0 Å². The van der Waals surface area contributed by atoms with Gasteiger partial charge in [0.15, 0.2) is 0 Å². The quantitative estimate of drug-likeness (QED) is 0.603. The molecule has 0 spiro atoms. The summed E-state index contributed by atoms with van der Waals surface area (Å²) in [5.74, 6) is -1.80. The van der Waals surface area contributed by atoms with Crippen molar-refractivity contribution in [2.24, 2.45) is 0 Å². The third kappa shape index (κ3) is 3.64. The first kappa shape index (κ1) is 13.3. The third-order valence-electron chi connectivity index (χ3n) is 2.18. The van der Waals surface area contributed by atoms with Crippen molar-refractivity contribution in [2.75, 3.05) is 24.6 Å². The van der Waals surface area contributed by atoms with E-state index in [1.807, 2.05) is 6.07 Å². The van der Waals surface area contributed by atoms with Crippen LogP contribution in [0.5, 0.6) is 0 Å². The van der Waals surface area contributed by atoms with Crippen LogP contribution in [-0.4, -0.2) is 58.4 Å². The highest BCUT2D eigenvalue weighted by Gasteiger charge is 2.34. The van der Waals surface area contributed by atoms with E-state index in [1.165, 1.54) is 0 Å². The van der Waals surface area contributed by atoms with Gasteiger partial charge in [-0.25, -0.2) is 4.79 Å². The minimum absolute atomic E-state index is 0.00458. The fraction of sp³-hybridized carbons (Fsp3) is 0.556. The number of piperazine rings is 1. The molecule has 8 heteroatoms. The number of nitriles is 1. The van der Waals surface area contributed by atoms with Gasteiger partial charge in [0.1, 0.15) is 12.6 Å². The second kappa shape index (κ2) is 6.10. The van der Waals surface area contributed by atoms with E-state index < -0.39 is 17.9 Å². The van der Waals surface area contributed by atoms with Gasteiger partial charge in [0.05, 0.1) is 17.6 Å². The van der Waals surface area contributed by atoms with E-state index in [9.17, 15) is 14.4 Å². The van der Waals surface area contributed by atoms with Crippen molar-refractivity contribution in [2.45, 2.75) is 6.04 Å². The van der Waals surface area contributed by atoms with Crippen LogP contribution >= 0.6 is 11.8 Å². The summed E-state index contributed by atoms with van der Waals surface area (Å²) in [5.41, 5.74) is 0. The first-order valence-electron chi connectivity index (χ1n) is 4.80. The van der Waals surface area contributed by atoms with Crippen LogP contribution in [-0.2, 0) is 14.4 Å². The maximum atomic E-state index is 11.7. The van der Waals surface area contributed by atoms with E-state index in [1.54, 1.807) is 0 Å². The SMILES string of the molecule is N#CCSCC(=O)N1CC(=O)NCC1C(=O)O. The van der Waals surface area contributed by atoms with Gasteiger partial charge < -0.3 is 15.3 Å². The molecule has 1 fully saturated rings. The second-order valence-corrected chi connectivity index (χ2v) is 4.32. The highest BCUT2D eigenvalue weighted by atomic mass is 32.2. The fourth-order valence-electron chi connectivity index (χ4n) is 1.39. The van der Waals surface area contributed by atoms with Crippen molar-refractivity contribution in [1.29, 1.82) is 5.26 Å². The normalized spacial score (nSPS) is 19.4. The highest BCUT2D eigenvalue weighted by Crippen LogP contribution is 2.08. The van der Waals surface area contributed by atoms with E-state index in [-0.39, 0.29) is 30.5 Å². The monoisotopic (exact) mass is 257 g/mol. The van der Waals surface area contributed by atoms with Gasteiger partial charge in [0.2, 0.25) is 11.8 Å². The second-order valence-electron chi connectivity index (χ2n) is 3.33. The van der Waals surface area contributed by atoms with Gasteiger partial charge in [0, 0.05) is 6.54 Å². The predicted octanol–water partition coefficient (Wildman–Crippen LogP) is -1.35. The molecule has 0 bridgehead atoms. The average Bonchev–Trinajstić information content (AvgIpc) is 2.28. The Morgan fingerprint density at radius 3 is 2.94 bits per heavy atom. The average molecular weight is 257 g/mol. The van der Waals surface area contributed by atoms with Crippen molar-refractivity contribution >= 4 is 29.5 Å². The summed E-state index contributed by atoms with van der Waals surface area (Å²) in [7, 11) is 0. The number of carboxylic acid groups (broad SMARTS) is 1. The maximum absolute atomic E-state index is 11.7. The van der Waals surface area contributed by atoms with Crippen LogP contribution in [0.1, 0.15) is 0 Å². The van der Waals surface area contributed by atoms with E-state index in [0.29, 0.717) is 0 Å². The van der Waals surface area contributed by atoms with Crippen molar-refractivity contribution in [1.82, 2.24) is 10.2 Å². The third-order valence-corrected chi connectivity index (χ3v) is 2.96. The Morgan fingerprint density at radius 2 is 2.35 bits per heavy atom. The number of carboxylic acids is 1. The van der Waals surface area contributed by atoms with E-state index in [2.05, 4.69) is 5.32 Å². The summed E-state index contributed by atoms with van der Waals surface area (Å²) in [6.45, 7) is -0.328. The zero-order chi connectivity index (χ0) is 12.8. The lowest BCUT2D eigenvalue weighted by Gasteiger charge is -2.32. The van der Waals surface area contributed by atoms with Gasteiger partial charge in [-0.3, -0.25) is 9.59 Å². The van der Waals surface area contributed by atoms with Gasteiger partial charge in [-0.1, -0.05) is 0 Å². The van der Waals surface area contributed by atoms with Gasteiger partial charge in [-0.2, -0.15) is 5.26 Å². The van der Waals surface area contributed by atoms with Crippen LogP contribution < -0.4 is 5.32 Å². The number of nitrogens with zero attached hydrogens (tertiary/aromatic N) is 2. The number of hydrogen-bond acceptors (Lipinski definition) is 5. The number of carbonyl (C=O) groups is 3. The van der Waals surface area contributed by atoms with Crippen molar-refractivity contribution < 1.29 is 19.5 Å². The summed E-state index contributed by atoms with van der Waals surface area (Å²) in [6.07, 6.45) is 0. The molecule has 0 aromatic heterocycles. The van der Waals surface area contributed by atoms with E-state index in [4.69, 9.17) is 10.4 Å². The number of nitrogens with one attached hydrogen (secondary N) is 1.